The molecule has 0 saturated heterocycles. The van der Waals surface area contributed by atoms with Crippen LogP contribution in [-0.2, 0) is 0 Å². The van der Waals surface area contributed by atoms with Crippen molar-refractivity contribution in [1.82, 2.24) is 4.90 Å². The van der Waals surface area contributed by atoms with Gasteiger partial charge in [-0.1, -0.05) is 60.3 Å². The monoisotopic (exact) mass is 338 g/mol. The number of nitrogens with zero attached hydrogens (tertiary/aromatic N) is 1. The van der Waals surface area contributed by atoms with Gasteiger partial charge in [0.05, 0.1) is 0 Å². The van der Waals surface area contributed by atoms with E-state index in [1.165, 1.54) is 37.7 Å². The van der Waals surface area contributed by atoms with E-state index >= 15 is 0 Å². The Balaban J connectivity index is 1.87. The Labute approximate surface area is 131 Å². The second-order valence-corrected chi connectivity index (χ2v) is 6.69. The highest BCUT2D eigenvalue weighted by molar-refractivity contribution is 9.10. The highest BCUT2D eigenvalue weighted by atomic mass is 79.9. The van der Waals surface area contributed by atoms with Gasteiger partial charge in [0.15, 0.2) is 0 Å². The minimum atomic E-state index is 0.128. The fourth-order valence-corrected chi connectivity index (χ4v) is 3.86. The molecule has 3 heteroatoms. The molecule has 20 heavy (non-hydrogen) atoms. The highest BCUT2D eigenvalue weighted by Crippen LogP contribution is 2.26. The lowest BCUT2D eigenvalue weighted by Crippen LogP contribution is -2.38. The first-order valence-electron chi connectivity index (χ1n) is 7.96. The molecule has 0 aromatic heterocycles. The zero-order valence-corrected chi connectivity index (χ0v) is 14.1. The third-order valence-electron chi connectivity index (χ3n) is 4.53. The second kappa shape index (κ2) is 8.16. The lowest BCUT2D eigenvalue weighted by molar-refractivity contribution is 0.159. The molecule has 1 aromatic carbocycles. The summed E-state index contributed by atoms with van der Waals surface area (Å²) in [4.78, 5) is 2.63. The van der Waals surface area contributed by atoms with E-state index in [0.29, 0.717) is 0 Å². The fraction of sp³-hybridized carbons (Fsp3) is 0.647. The summed E-state index contributed by atoms with van der Waals surface area (Å²) in [6.45, 7) is 4.54. The van der Waals surface area contributed by atoms with Crippen molar-refractivity contribution in [2.45, 2.75) is 57.5 Å². The molecule has 0 heterocycles. The van der Waals surface area contributed by atoms with Gasteiger partial charge >= 0.3 is 0 Å². The van der Waals surface area contributed by atoms with Gasteiger partial charge in [-0.05, 0) is 37.4 Å². The smallest absolute Gasteiger partial charge is 0.0318 e. The molecule has 0 amide bonds. The number of benzene rings is 1. The molecule has 1 aromatic rings. The maximum Gasteiger partial charge on any atom is 0.0318 e. The maximum absolute atomic E-state index is 6.37. The van der Waals surface area contributed by atoms with Gasteiger partial charge in [-0.3, -0.25) is 0 Å². The molecular weight excluding hydrogens is 312 g/mol. The van der Waals surface area contributed by atoms with Crippen molar-refractivity contribution >= 4 is 15.9 Å². The molecule has 1 aliphatic rings. The molecule has 0 bridgehead atoms. The van der Waals surface area contributed by atoms with Crippen LogP contribution in [0.15, 0.2) is 28.7 Å². The van der Waals surface area contributed by atoms with Crippen LogP contribution in [0.5, 0.6) is 0 Å². The van der Waals surface area contributed by atoms with Crippen LogP contribution in [-0.4, -0.2) is 24.0 Å². The van der Waals surface area contributed by atoms with Crippen molar-refractivity contribution in [1.29, 1.82) is 0 Å². The Bertz CT molecular complexity index is 402. The van der Waals surface area contributed by atoms with Gasteiger partial charge in [-0.2, -0.15) is 0 Å². The van der Waals surface area contributed by atoms with E-state index in [4.69, 9.17) is 5.73 Å². The van der Waals surface area contributed by atoms with Gasteiger partial charge in [0, 0.05) is 23.1 Å². The van der Waals surface area contributed by atoms with Crippen molar-refractivity contribution in [2.75, 3.05) is 13.1 Å². The summed E-state index contributed by atoms with van der Waals surface area (Å²) in [7, 11) is 0. The van der Waals surface area contributed by atoms with Crippen LogP contribution < -0.4 is 5.73 Å². The fourth-order valence-electron chi connectivity index (χ4n) is 3.28. The number of nitrogens with two attached hydrogens (primary N) is 1. The minimum absolute atomic E-state index is 0.128. The van der Waals surface area contributed by atoms with Crippen LogP contribution in [0.3, 0.4) is 0 Å². The van der Waals surface area contributed by atoms with E-state index in [1.54, 1.807) is 0 Å². The van der Waals surface area contributed by atoms with Crippen LogP contribution in [0.1, 0.15) is 57.1 Å². The summed E-state index contributed by atoms with van der Waals surface area (Å²) in [5.74, 6) is 0. The van der Waals surface area contributed by atoms with E-state index in [2.05, 4.69) is 46.0 Å². The summed E-state index contributed by atoms with van der Waals surface area (Å²) in [5, 5.41) is 0. The predicted molar refractivity (Wildman–Crippen MR) is 89.8 cm³/mol. The standard InChI is InChI=1S/C17H27BrN2/c1-2-20(14-8-4-3-5-9-14)13-12-17(19)15-10-6-7-11-16(15)18/h6-7,10-11,14,17H,2-5,8-9,12-13,19H2,1H3. The van der Waals surface area contributed by atoms with Crippen LogP contribution in [0.2, 0.25) is 0 Å². The first kappa shape index (κ1) is 16.0. The van der Waals surface area contributed by atoms with Gasteiger partial charge in [0.1, 0.15) is 0 Å². The summed E-state index contributed by atoms with van der Waals surface area (Å²) < 4.78 is 1.13. The molecule has 1 aliphatic carbocycles. The predicted octanol–water partition coefficient (Wildman–Crippen LogP) is 4.49. The van der Waals surface area contributed by atoms with Crippen molar-refractivity contribution < 1.29 is 0 Å². The van der Waals surface area contributed by atoms with E-state index < -0.39 is 0 Å². The zero-order chi connectivity index (χ0) is 14.4. The normalized spacial score (nSPS) is 18.4. The molecule has 2 rings (SSSR count). The van der Waals surface area contributed by atoms with Gasteiger partial charge in [0.25, 0.3) is 0 Å². The number of hydrogen-bond donors (Lipinski definition) is 1. The summed E-state index contributed by atoms with van der Waals surface area (Å²) in [5.41, 5.74) is 7.60. The topological polar surface area (TPSA) is 29.3 Å². The van der Waals surface area contributed by atoms with Crippen molar-refractivity contribution in [3.05, 3.63) is 34.3 Å². The molecule has 1 saturated carbocycles. The first-order chi connectivity index (χ1) is 9.72. The first-order valence-corrected chi connectivity index (χ1v) is 8.75. The second-order valence-electron chi connectivity index (χ2n) is 5.84. The molecule has 1 unspecified atom stereocenters. The summed E-state index contributed by atoms with van der Waals surface area (Å²) in [6, 6.07) is 9.24. The molecule has 1 fully saturated rings. The lowest BCUT2D eigenvalue weighted by atomic mass is 9.93. The SMILES string of the molecule is CCN(CCC(N)c1ccccc1Br)C1CCCCC1. The van der Waals surface area contributed by atoms with E-state index in [-0.39, 0.29) is 6.04 Å². The van der Waals surface area contributed by atoms with Crippen LogP contribution in [0.25, 0.3) is 0 Å². The average molecular weight is 339 g/mol. The van der Waals surface area contributed by atoms with Gasteiger partial charge < -0.3 is 10.6 Å². The molecule has 1 atom stereocenters. The van der Waals surface area contributed by atoms with Gasteiger partial charge in [-0.25, -0.2) is 0 Å². The van der Waals surface area contributed by atoms with Crippen molar-refractivity contribution in [2.24, 2.45) is 5.73 Å². The van der Waals surface area contributed by atoms with E-state index in [0.717, 1.165) is 30.0 Å². The molecule has 2 N–H and O–H groups in total. The van der Waals surface area contributed by atoms with Crippen molar-refractivity contribution in [3.8, 4) is 0 Å². The average Bonchev–Trinajstić information content (AvgIpc) is 2.49. The quantitative estimate of drug-likeness (QED) is 0.827. The van der Waals surface area contributed by atoms with Gasteiger partial charge in [0.2, 0.25) is 0 Å². The molecule has 112 valence electrons. The van der Waals surface area contributed by atoms with Crippen LogP contribution in [0.4, 0.5) is 0 Å². The third-order valence-corrected chi connectivity index (χ3v) is 5.25. The van der Waals surface area contributed by atoms with E-state index in [1.807, 2.05) is 6.07 Å². The Morgan fingerprint density at radius 2 is 1.95 bits per heavy atom. The molecule has 0 spiro atoms. The Morgan fingerprint density at radius 3 is 2.60 bits per heavy atom. The summed E-state index contributed by atoms with van der Waals surface area (Å²) in [6.07, 6.45) is 8.00. The lowest BCUT2D eigenvalue weighted by Gasteiger charge is -2.34. The minimum Gasteiger partial charge on any atom is -0.324 e. The Hall–Kier alpha value is -0.380. The van der Waals surface area contributed by atoms with E-state index in [9.17, 15) is 0 Å². The molecular formula is C17H27BrN2. The number of rotatable bonds is 6. The molecule has 2 nitrogen and oxygen atoms in total. The Morgan fingerprint density at radius 1 is 1.25 bits per heavy atom. The maximum atomic E-state index is 6.37. The van der Waals surface area contributed by atoms with Crippen LogP contribution >= 0.6 is 15.9 Å². The van der Waals surface area contributed by atoms with Crippen molar-refractivity contribution in [3.63, 3.8) is 0 Å². The third kappa shape index (κ3) is 4.31. The van der Waals surface area contributed by atoms with Crippen LogP contribution in [0, 0.1) is 0 Å². The molecule has 0 aliphatic heterocycles. The Kier molecular flexibility index (Phi) is 6.53. The van der Waals surface area contributed by atoms with Gasteiger partial charge in [-0.15, -0.1) is 0 Å². The summed E-state index contributed by atoms with van der Waals surface area (Å²) >= 11 is 3.60. The number of hydrogen-bond acceptors (Lipinski definition) is 2. The highest BCUT2D eigenvalue weighted by Gasteiger charge is 2.20. The largest absolute Gasteiger partial charge is 0.324 e. The number of halogens is 1. The molecule has 0 radical (unpaired) electrons. The zero-order valence-electron chi connectivity index (χ0n) is 12.5.